The van der Waals surface area contributed by atoms with Crippen molar-refractivity contribution in [3.05, 3.63) is 47.3 Å². The highest BCUT2D eigenvalue weighted by atomic mass is 16.5. The van der Waals surface area contributed by atoms with Crippen molar-refractivity contribution in [2.45, 2.75) is 20.0 Å². The molecule has 0 saturated carbocycles. The molecule has 2 aromatic rings. The highest BCUT2D eigenvalue weighted by molar-refractivity contribution is 5.25. The number of aromatic hydroxyl groups is 1. The Hall–Kier alpha value is -1.81. The third-order valence-corrected chi connectivity index (χ3v) is 2.25. The molecule has 0 saturated heterocycles. The number of phenolic OH excluding ortho intramolecular Hbond substituents is 1. The van der Waals surface area contributed by atoms with Gasteiger partial charge in [-0.25, -0.2) is 0 Å². The Morgan fingerprint density at radius 3 is 2.62 bits per heavy atom. The minimum absolute atomic E-state index is 0.288. The molecule has 0 radical (unpaired) electrons. The van der Waals surface area contributed by atoms with E-state index in [1.54, 1.807) is 12.1 Å². The molecule has 0 amide bonds. The number of nitrogens with zero attached hydrogens (tertiary/aromatic N) is 1. The van der Waals surface area contributed by atoms with E-state index in [4.69, 9.17) is 9.63 Å². The first-order valence-electron chi connectivity index (χ1n) is 5.15. The van der Waals surface area contributed by atoms with E-state index in [9.17, 15) is 0 Å². The fourth-order valence-corrected chi connectivity index (χ4v) is 1.45. The van der Waals surface area contributed by atoms with Crippen molar-refractivity contribution in [3.63, 3.8) is 0 Å². The van der Waals surface area contributed by atoms with E-state index in [1.807, 2.05) is 25.1 Å². The molecule has 0 aliphatic carbocycles. The van der Waals surface area contributed by atoms with Crippen molar-refractivity contribution < 1.29 is 9.63 Å². The fraction of sp³-hybridized carbons (Fsp3) is 0.250. The lowest BCUT2D eigenvalue weighted by molar-refractivity contribution is 0.388. The Morgan fingerprint density at radius 2 is 2.00 bits per heavy atom. The van der Waals surface area contributed by atoms with Gasteiger partial charge < -0.3 is 14.9 Å². The van der Waals surface area contributed by atoms with E-state index in [0.717, 1.165) is 23.6 Å². The molecule has 1 aromatic heterocycles. The second-order valence-electron chi connectivity index (χ2n) is 3.70. The molecule has 4 nitrogen and oxygen atoms in total. The number of nitrogens with one attached hydrogen (secondary N) is 1. The molecule has 4 heteroatoms. The average molecular weight is 218 g/mol. The lowest BCUT2D eigenvalue weighted by Gasteiger charge is -2.02. The van der Waals surface area contributed by atoms with Crippen molar-refractivity contribution in [1.82, 2.24) is 10.5 Å². The topological polar surface area (TPSA) is 58.3 Å². The summed E-state index contributed by atoms with van der Waals surface area (Å²) in [4.78, 5) is 0. The van der Waals surface area contributed by atoms with E-state index in [-0.39, 0.29) is 5.75 Å². The monoisotopic (exact) mass is 218 g/mol. The van der Waals surface area contributed by atoms with Gasteiger partial charge in [0.15, 0.2) is 0 Å². The number of phenols is 1. The van der Waals surface area contributed by atoms with Gasteiger partial charge in [-0.1, -0.05) is 17.3 Å². The summed E-state index contributed by atoms with van der Waals surface area (Å²) in [6.45, 7) is 3.29. The lowest BCUT2D eigenvalue weighted by atomic mass is 10.2. The van der Waals surface area contributed by atoms with Gasteiger partial charge in [0.2, 0.25) is 0 Å². The maximum Gasteiger partial charge on any atom is 0.133 e. The summed E-state index contributed by atoms with van der Waals surface area (Å²) in [7, 11) is 0. The molecule has 0 unspecified atom stereocenters. The third-order valence-electron chi connectivity index (χ3n) is 2.25. The predicted octanol–water partition coefficient (Wildman–Crippen LogP) is 1.98. The van der Waals surface area contributed by atoms with Crippen LogP contribution in [0.15, 0.2) is 34.9 Å². The van der Waals surface area contributed by atoms with Crippen molar-refractivity contribution in [3.8, 4) is 5.75 Å². The van der Waals surface area contributed by atoms with Crippen LogP contribution >= 0.6 is 0 Å². The second-order valence-corrected chi connectivity index (χ2v) is 3.70. The van der Waals surface area contributed by atoms with Crippen LogP contribution in [0.25, 0.3) is 0 Å². The fourth-order valence-electron chi connectivity index (χ4n) is 1.45. The predicted molar refractivity (Wildman–Crippen MR) is 59.9 cm³/mol. The summed E-state index contributed by atoms with van der Waals surface area (Å²) in [6, 6.07) is 9.03. The summed E-state index contributed by atoms with van der Waals surface area (Å²) < 4.78 is 4.96. The zero-order valence-electron chi connectivity index (χ0n) is 9.10. The van der Waals surface area contributed by atoms with E-state index in [0.29, 0.717) is 6.54 Å². The van der Waals surface area contributed by atoms with Crippen LogP contribution in [0.3, 0.4) is 0 Å². The zero-order valence-corrected chi connectivity index (χ0v) is 9.10. The van der Waals surface area contributed by atoms with Crippen LogP contribution in [0, 0.1) is 6.92 Å². The van der Waals surface area contributed by atoms with Crippen LogP contribution in [-0.4, -0.2) is 10.3 Å². The molecule has 2 N–H and O–H groups in total. The normalized spacial score (nSPS) is 10.6. The van der Waals surface area contributed by atoms with Crippen molar-refractivity contribution >= 4 is 0 Å². The largest absolute Gasteiger partial charge is 0.508 e. The third kappa shape index (κ3) is 2.84. The molecule has 1 aromatic carbocycles. The number of aromatic nitrogens is 1. The van der Waals surface area contributed by atoms with Gasteiger partial charge in [0, 0.05) is 19.2 Å². The molecular formula is C12H14N2O2. The summed E-state index contributed by atoms with van der Waals surface area (Å²) >= 11 is 0. The standard InChI is InChI=1S/C12H14N2O2/c1-9-6-11(14-16-9)8-13-7-10-2-4-12(15)5-3-10/h2-6,13,15H,7-8H2,1H3. The minimum atomic E-state index is 0.288. The van der Waals surface area contributed by atoms with Crippen LogP contribution in [0.4, 0.5) is 0 Å². The molecule has 84 valence electrons. The summed E-state index contributed by atoms with van der Waals surface area (Å²) in [5.41, 5.74) is 2.02. The Bertz CT molecular complexity index is 448. The van der Waals surface area contributed by atoms with E-state index in [1.165, 1.54) is 0 Å². The first-order chi connectivity index (χ1) is 7.74. The van der Waals surface area contributed by atoms with Gasteiger partial charge in [-0.2, -0.15) is 0 Å². The maximum absolute atomic E-state index is 9.12. The highest BCUT2D eigenvalue weighted by Gasteiger charge is 1.99. The van der Waals surface area contributed by atoms with Crippen molar-refractivity contribution in [1.29, 1.82) is 0 Å². The molecule has 0 fully saturated rings. The van der Waals surface area contributed by atoms with Gasteiger partial charge in [0.25, 0.3) is 0 Å². The molecule has 0 bridgehead atoms. The first kappa shape index (κ1) is 10.7. The Morgan fingerprint density at radius 1 is 1.25 bits per heavy atom. The van der Waals surface area contributed by atoms with Gasteiger partial charge >= 0.3 is 0 Å². The van der Waals surface area contributed by atoms with Gasteiger partial charge in [-0.3, -0.25) is 0 Å². The summed E-state index contributed by atoms with van der Waals surface area (Å²) in [6.07, 6.45) is 0. The van der Waals surface area contributed by atoms with Crippen molar-refractivity contribution in [2.75, 3.05) is 0 Å². The molecule has 16 heavy (non-hydrogen) atoms. The molecule has 0 aliphatic heterocycles. The molecular weight excluding hydrogens is 204 g/mol. The highest BCUT2D eigenvalue weighted by Crippen LogP contribution is 2.09. The summed E-state index contributed by atoms with van der Waals surface area (Å²) in [5, 5.41) is 16.3. The second kappa shape index (κ2) is 4.81. The van der Waals surface area contributed by atoms with Crippen LogP contribution < -0.4 is 5.32 Å². The first-order valence-corrected chi connectivity index (χ1v) is 5.15. The Labute approximate surface area is 93.9 Å². The number of rotatable bonds is 4. The number of aryl methyl sites for hydroxylation is 1. The smallest absolute Gasteiger partial charge is 0.133 e. The zero-order chi connectivity index (χ0) is 11.4. The van der Waals surface area contributed by atoms with Gasteiger partial charge in [0.05, 0.1) is 5.69 Å². The van der Waals surface area contributed by atoms with Crippen LogP contribution in [0.2, 0.25) is 0 Å². The van der Waals surface area contributed by atoms with Crippen LogP contribution in [0.1, 0.15) is 17.0 Å². The van der Waals surface area contributed by atoms with Crippen molar-refractivity contribution in [2.24, 2.45) is 0 Å². The molecule has 0 spiro atoms. The van der Waals surface area contributed by atoms with E-state index < -0.39 is 0 Å². The van der Waals surface area contributed by atoms with Crippen LogP contribution in [0.5, 0.6) is 5.75 Å². The maximum atomic E-state index is 9.12. The molecule has 0 aliphatic rings. The Kier molecular flexibility index (Phi) is 3.22. The molecule has 1 heterocycles. The van der Waals surface area contributed by atoms with E-state index in [2.05, 4.69) is 10.5 Å². The summed E-state index contributed by atoms with van der Waals surface area (Å²) in [5.74, 6) is 1.11. The van der Waals surface area contributed by atoms with Crippen LogP contribution in [-0.2, 0) is 13.1 Å². The lowest BCUT2D eigenvalue weighted by Crippen LogP contribution is -2.12. The molecule has 2 rings (SSSR count). The Balaban J connectivity index is 1.82. The number of hydrogen-bond donors (Lipinski definition) is 2. The van der Waals surface area contributed by atoms with Gasteiger partial charge in [0.1, 0.15) is 11.5 Å². The SMILES string of the molecule is Cc1cc(CNCc2ccc(O)cc2)no1. The van der Waals surface area contributed by atoms with E-state index >= 15 is 0 Å². The average Bonchev–Trinajstić information content (AvgIpc) is 2.67. The van der Waals surface area contributed by atoms with Gasteiger partial charge in [-0.15, -0.1) is 0 Å². The minimum Gasteiger partial charge on any atom is -0.508 e. The quantitative estimate of drug-likeness (QED) is 0.823. The molecule has 0 atom stereocenters. The number of hydrogen-bond acceptors (Lipinski definition) is 4. The number of benzene rings is 1. The van der Waals surface area contributed by atoms with Gasteiger partial charge in [-0.05, 0) is 24.6 Å².